The van der Waals surface area contributed by atoms with Crippen LogP contribution in [0.1, 0.15) is 74.6 Å². The largest absolute Gasteiger partial charge is 1.00 e. The van der Waals surface area contributed by atoms with E-state index in [-0.39, 0.29) is 72.3 Å². The zero-order chi connectivity index (χ0) is 60.5. The molecule has 0 spiro atoms. The van der Waals surface area contributed by atoms with E-state index in [1.165, 1.54) is 12.1 Å². The molecule has 8 rings (SSSR count). The summed E-state index contributed by atoms with van der Waals surface area (Å²) < 4.78 is 62.6. The van der Waals surface area contributed by atoms with Crippen LogP contribution in [0.15, 0.2) is 158 Å². The fourth-order valence-electron chi connectivity index (χ4n) is 10.4. The van der Waals surface area contributed by atoms with Gasteiger partial charge in [0.15, 0.2) is 12.2 Å². The maximum absolute atomic E-state index is 15.5. The van der Waals surface area contributed by atoms with Crippen LogP contribution in [0.5, 0.6) is 0 Å². The van der Waals surface area contributed by atoms with Crippen LogP contribution in [0.4, 0.5) is 8.78 Å². The Bertz CT molecular complexity index is 2960. The number of carbonyl (C=O) groups is 6. The third-order valence-corrected chi connectivity index (χ3v) is 14.6. The molecule has 2 saturated heterocycles. The van der Waals surface area contributed by atoms with E-state index in [1.54, 1.807) is 76.2 Å². The summed E-state index contributed by atoms with van der Waals surface area (Å²) in [5.41, 5.74) is 5.36. The van der Waals surface area contributed by atoms with Crippen molar-refractivity contribution in [2.75, 3.05) is 26.3 Å². The van der Waals surface area contributed by atoms with Gasteiger partial charge in [0.1, 0.15) is 36.9 Å². The third kappa shape index (κ3) is 18.9. The summed E-state index contributed by atoms with van der Waals surface area (Å²) in [6.45, 7) is 2.47. The normalized spacial score (nSPS) is 19.2. The zero-order valence-corrected chi connectivity index (χ0v) is 52.7. The Morgan fingerprint density at radius 2 is 0.814 bits per heavy atom. The quantitative estimate of drug-likeness (QED) is 0.0711. The molecule has 444 valence electrons. The van der Waals surface area contributed by atoms with Crippen LogP contribution in [0.3, 0.4) is 0 Å². The predicted molar refractivity (Wildman–Crippen MR) is 297 cm³/mol. The Hall–Kier alpha value is -6.24. The standard InChI is InChI=1S/2C32H34FNO8.2Na/c2*1-3-40-32-41-28(29(42-32)31(38)39)30(37)34(19-27(35)36)20(2)24(16-14-21-10-6-4-7-11-21)23-15-17-25(26(33)18-23)22-12-8-5-9-13-22;;/h2*4-13,15,17-18,20,24,28-29,32H,3,14,16,19H2,1-2H3,(H,35,36)(H,38,39);;/q;;2*+1/p-2/t2*20-,24+,28+,29+,32-;;/m11../s1. The first-order valence-corrected chi connectivity index (χ1v) is 27.5. The molecule has 6 aromatic carbocycles. The molecular formula is C64H66F2N2Na2O16. The fraction of sp³-hybridized carbons (Fsp3) is 0.344. The average molecular weight is 1200 g/mol. The maximum Gasteiger partial charge on any atom is 1.00 e. The number of rotatable bonds is 26. The Balaban J connectivity index is 0.000000307. The second-order valence-corrected chi connectivity index (χ2v) is 20.0. The van der Waals surface area contributed by atoms with Gasteiger partial charge in [-0.25, -0.2) is 8.78 Å². The number of carboxylic acids is 4. The van der Waals surface area contributed by atoms with E-state index in [4.69, 9.17) is 28.4 Å². The summed E-state index contributed by atoms with van der Waals surface area (Å²) in [5, 5.41) is 43.0. The molecule has 0 radical (unpaired) electrons. The number of benzene rings is 6. The summed E-state index contributed by atoms with van der Waals surface area (Å²) in [4.78, 5) is 77.0. The number of aryl methyl sites for hydroxylation is 2. The van der Waals surface area contributed by atoms with Crippen LogP contribution >= 0.6 is 0 Å². The molecule has 2 fully saturated rings. The van der Waals surface area contributed by atoms with Gasteiger partial charge in [-0.2, -0.15) is 0 Å². The molecule has 2 aliphatic heterocycles. The van der Waals surface area contributed by atoms with Gasteiger partial charge >= 0.3 is 71.1 Å². The number of nitrogens with zero attached hydrogens (tertiary/aromatic N) is 2. The first-order valence-electron chi connectivity index (χ1n) is 27.5. The smallest absolute Gasteiger partial charge is 0.547 e. The molecule has 0 aliphatic carbocycles. The molecule has 2 heterocycles. The summed E-state index contributed by atoms with van der Waals surface area (Å²) >= 11 is 0. The molecule has 22 heteroatoms. The molecule has 0 aromatic heterocycles. The Labute approximate surface area is 541 Å². The van der Waals surface area contributed by atoms with Gasteiger partial charge in [0, 0.05) is 48.3 Å². The van der Waals surface area contributed by atoms with Crippen molar-refractivity contribution < 1.29 is 146 Å². The summed E-state index contributed by atoms with van der Waals surface area (Å²) in [7, 11) is 0. The molecule has 0 unspecified atom stereocenters. The first kappa shape index (κ1) is 70.5. The van der Waals surface area contributed by atoms with Crippen molar-refractivity contribution in [3.8, 4) is 22.3 Å². The molecule has 18 nitrogen and oxygen atoms in total. The fourth-order valence-corrected chi connectivity index (χ4v) is 10.4. The SMILES string of the molecule is CCO[C@H]1O[C@H](C(=O)[O-])[C@@H](C(=O)N(CC(=O)O)[C@H](C)[C@H](CCc2ccccc2)c2ccc(-c3ccccc3)c(F)c2)O1.CCO[C@H]1O[C@H](C(=O)[O-])[C@@H](C(=O)N(CC(=O)O)[C@H](C)[C@H](CCc2ccccc2)c2ccc(-c3ccccc3)c(F)c2)O1.[Na+].[Na+]. The summed E-state index contributed by atoms with van der Waals surface area (Å²) in [5.74, 6) is -9.82. The molecule has 86 heavy (non-hydrogen) atoms. The molecule has 6 aromatic rings. The van der Waals surface area contributed by atoms with Gasteiger partial charge in [-0.3, -0.25) is 19.2 Å². The minimum atomic E-state index is -1.80. The number of carboxylic acid groups (broad SMARTS) is 4. The van der Waals surface area contributed by atoms with Crippen LogP contribution in [-0.4, -0.2) is 131 Å². The van der Waals surface area contributed by atoms with E-state index in [9.17, 15) is 49.2 Å². The van der Waals surface area contributed by atoms with E-state index < -0.39 is 122 Å². The summed E-state index contributed by atoms with van der Waals surface area (Å²) in [6, 6.07) is 45.3. The van der Waals surface area contributed by atoms with Gasteiger partial charge in [0.2, 0.25) is 0 Å². The predicted octanol–water partition coefficient (Wildman–Crippen LogP) is 0.738. The van der Waals surface area contributed by atoms with E-state index in [0.29, 0.717) is 59.1 Å². The van der Waals surface area contributed by atoms with Crippen molar-refractivity contribution in [1.82, 2.24) is 9.80 Å². The minimum Gasteiger partial charge on any atom is -0.547 e. The Kier molecular flexibility index (Phi) is 28.2. The number of hydrogen-bond donors (Lipinski definition) is 2. The molecular weight excluding hydrogens is 1140 g/mol. The number of aliphatic carboxylic acids is 4. The van der Waals surface area contributed by atoms with Crippen LogP contribution in [-0.2, 0) is 70.0 Å². The van der Waals surface area contributed by atoms with E-state index >= 15 is 8.78 Å². The number of hydrogen-bond acceptors (Lipinski definition) is 14. The van der Waals surface area contributed by atoms with Crippen LogP contribution in [0.25, 0.3) is 22.3 Å². The molecule has 2 amide bonds. The topological polar surface area (TPSA) is 251 Å². The first-order chi connectivity index (χ1) is 40.4. The van der Waals surface area contributed by atoms with Crippen LogP contribution < -0.4 is 69.3 Å². The summed E-state index contributed by atoms with van der Waals surface area (Å²) in [6.07, 6.45) is -5.00. The van der Waals surface area contributed by atoms with Gasteiger partial charge in [-0.1, -0.05) is 146 Å². The van der Waals surface area contributed by atoms with E-state index in [2.05, 4.69) is 0 Å². The molecule has 10 atom stereocenters. The van der Waals surface area contributed by atoms with Crippen molar-refractivity contribution >= 4 is 35.7 Å². The Morgan fingerprint density at radius 3 is 1.10 bits per heavy atom. The molecule has 2 aliphatic rings. The number of ether oxygens (including phenoxy) is 6. The second kappa shape index (κ2) is 34.3. The van der Waals surface area contributed by atoms with Crippen molar-refractivity contribution in [1.29, 1.82) is 0 Å². The van der Waals surface area contributed by atoms with Crippen LogP contribution in [0, 0.1) is 11.6 Å². The zero-order valence-electron chi connectivity index (χ0n) is 48.7. The van der Waals surface area contributed by atoms with Gasteiger partial charge < -0.3 is 68.2 Å². The van der Waals surface area contributed by atoms with Gasteiger partial charge in [0.05, 0.1) is 11.9 Å². The second-order valence-electron chi connectivity index (χ2n) is 20.0. The molecule has 0 bridgehead atoms. The minimum absolute atomic E-state index is 0. The van der Waals surface area contributed by atoms with Crippen molar-refractivity contribution in [3.63, 3.8) is 0 Å². The Morgan fingerprint density at radius 1 is 0.500 bits per heavy atom. The average Bonchev–Trinajstić information content (AvgIpc) is 2.24. The van der Waals surface area contributed by atoms with Gasteiger partial charge in [-0.05, 0) is 98.9 Å². The molecule has 0 saturated carbocycles. The van der Waals surface area contributed by atoms with E-state index in [1.807, 2.05) is 97.1 Å². The maximum atomic E-state index is 15.5. The van der Waals surface area contributed by atoms with Crippen LogP contribution in [0.2, 0.25) is 0 Å². The van der Waals surface area contributed by atoms with Crippen molar-refractivity contribution in [2.45, 2.75) is 115 Å². The third-order valence-electron chi connectivity index (χ3n) is 14.6. The van der Waals surface area contributed by atoms with Crippen molar-refractivity contribution in [2.24, 2.45) is 0 Å². The number of halogens is 2. The van der Waals surface area contributed by atoms with Gasteiger partial charge in [-0.15, -0.1) is 0 Å². The number of amides is 2. The molecule has 2 N–H and O–H groups in total. The van der Waals surface area contributed by atoms with E-state index in [0.717, 1.165) is 20.9 Å². The monoisotopic (exact) mass is 1200 g/mol. The van der Waals surface area contributed by atoms with Crippen molar-refractivity contribution in [3.05, 3.63) is 192 Å². The number of carbonyl (C=O) groups excluding carboxylic acids is 4. The van der Waals surface area contributed by atoms with Gasteiger partial charge in [0.25, 0.3) is 24.8 Å².